The van der Waals surface area contributed by atoms with Gasteiger partial charge in [0.25, 0.3) is 23.6 Å². The van der Waals surface area contributed by atoms with Crippen molar-refractivity contribution in [1.82, 2.24) is 4.90 Å². The number of benzene rings is 4. The van der Waals surface area contributed by atoms with Crippen LogP contribution in [0.4, 0.5) is 5.69 Å². The van der Waals surface area contributed by atoms with Crippen LogP contribution in [0.3, 0.4) is 0 Å². The number of carbonyl (C=O) groups is 5. The van der Waals surface area contributed by atoms with E-state index in [-0.39, 0.29) is 81.1 Å². The average Bonchev–Trinajstić information content (AvgIpc) is 3.35. The van der Waals surface area contributed by atoms with Gasteiger partial charge in [-0.2, -0.15) is 54.1 Å². The van der Waals surface area contributed by atoms with E-state index in [1.165, 1.54) is 42.9 Å². The van der Waals surface area contributed by atoms with Crippen molar-refractivity contribution in [2.24, 2.45) is 0 Å². The number of esters is 1. The molecule has 0 bridgehead atoms. The van der Waals surface area contributed by atoms with E-state index in [1.807, 2.05) is 24.3 Å². The Morgan fingerprint density at radius 2 is 1.26 bits per heavy atom. The van der Waals surface area contributed by atoms with E-state index in [2.05, 4.69) is 19.1 Å². The molecule has 2 aliphatic rings. The summed E-state index contributed by atoms with van der Waals surface area (Å²) in [4.78, 5) is 65.0. The molecule has 0 saturated heterocycles. The summed E-state index contributed by atoms with van der Waals surface area (Å²) in [5.74, 6) is -2.55. The monoisotopic (exact) mass is 651 g/mol. The third-order valence-corrected chi connectivity index (χ3v) is 6.64. The van der Waals surface area contributed by atoms with Crippen molar-refractivity contribution >= 4 is 35.3 Å². The van der Waals surface area contributed by atoms with Crippen LogP contribution in [0.15, 0.2) is 78.9 Å². The number of rotatable bonds is 3. The topological polar surface area (TPSA) is 101 Å². The smallest absolute Gasteiger partial charge is 0.343 e. The Bertz CT molecular complexity index is 1700. The van der Waals surface area contributed by atoms with Crippen LogP contribution >= 0.6 is 0 Å². The van der Waals surface area contributed by atoms with E-state index in [4.69, 9.17) is 4.74 Å². The summed E-state index contributed by atoms with van der Waals surface area (Å²) in [5, 5.41) is 0. The predicted molar refractivity (Wildman–Crippen MR) is 159 cm³/mol. The van der Waals surface area contributed by atoms with Crippen LogP contribution in [-0.2, 0) is 32.7 Å². The molecule has 2 heterocycles. The van der Waals surface area contributed by atoms with E-state index < -0.39 is 29.6 Å². The Morgan fingerprint density at radius 3 is 1.84 bits per heavy atom. The number of hydrogen-bond donors (Lipinski definition) is 0. The van der Waals surface area contributed by atoms with Gasteiger partial charge in [0, 0.05) is 45.3 Å². The van der Waals surface area contributed by atoms with Crippen LogP contribution in [0.2, 0.25) is 0 Å². The largest absolute Gasteiger partial charge is 0.423 e. The van der Waals surface area contributed by atoms with Crippen molar-refractivity contribution in [3.8, 4) is 5.75 Å². The average molecular weight is 652 g/mol. The molecule has 4 aromatic carbocycles. The molecule has 43 heavy (non-hydrogen) atoms. The number of imide groups is 2. The van der Waals surface area contributed by atoms with Crippen LogP contribution in [0, 0.1) is 26.0 Å². The van der Waals surface area contributed by atoms with Gasteiger partial charge in [-0.25, -0.2) is 4.79 Å². The fraction of sp³-hybridized carbons (Fsp3) is 0.147. The predicted octanol–water partition coefficient (Wildman–Crippen LogP) is 6.11. The van der Waals surface area contributed by atoms with E-state index in [0.29, 0.717) is 11.3 Å². The summed E-state index contributed by atoms with van der Waals surface area (Å²) in [6.45, 7) is 3.65. The first-order chi connectivity index (χ1) is 19.2. The molecule has 8 nitrogen and oxygen atoms in total. The number of ether oxygens (including phenoxy) is 1. The van der Waals surface area contributed by atoms with E-state index in [9.17, 15) is 24.0 Å². The second kappa shape index (κ2) is 14.3. The zero-order chi connectivity index (χ0) is 28.6. The first kappa shape index (κ1) is 34.9. The fourth-order valence-corrected chi connectivity index (χ4v) is 4.46. The molecule has 0 N–H and O–H groups in total. The quantitative estimate of drug-likeness (QED) is 0.115. The van der Waals surface area contributed by atoms with Gasteiger partial charge in [-0.1, -0.05) is 27.5 Å². The Balaban J connectivity index is 0.000000571. The number of nitrogens with zero attached hydrogens (tertiary/aromatic N) is 2. The second-order valence-electron chi connectivity index (χ2n) is 9.21. The molecule has 4 amide bonds. The molecular formula is C34H30N2O6Y-2. The maximum absolute atomic E-state index is 12.9. The molecule has 0 fully saturated rings. The molecule has 0 saturated carbocycles. The molecule has 1 radical (unpaired) electrons. The van der Waals surface area contributed by atoms with Crippen molar-refractivity contribution < 1.29 is 61.4 Å². The number of carbonyl (C=O) groups excluding carboxylic acids is 5. The Hall–Kier alpha value is -4.27. The van der Waals surface area contributed by atoms with Gasteiger partial charge in [-0.05, 0) is 37.3 Å². The van der Waals surface area contributed by atoms with Gasteiger partial charge in [-0.15, -0.1) is 12.1 Å². The molecule has 0 aromatic heterocycles. The van der Waals surface area contributed by atoms with Crippen molar-refractivity contribution in [2.75, 3.05) is 11.9 Å². The molecule has 6 rings (SSSR count). The third kappa shape index (κ3) is 6.56. The van der Waals surface area contributed by atoms with Gasteiger partial charge in [0.2, 0.25) is 0 Å². The minimum absolute atomic E-state index is 0. The molecular weight excluding hydrogens is 621 g/mol. The summed E-state index contributed by atoms with van der Waals surface area (Å²) in [6, 6.07) is 27.0. The number of hydrogen-bond acceptors (Lipinski definition) is 6. The number of aryl methyl sites for hydroxylation is 1. The van der Waals surface area contributed by atoms with Crippen LogP contribution < -0.4 is 9.64 Å². The second-order valence-corrected chi connectivity index (χ2v) is 9.21. The van der Waals surface area contributed by atoms with Gasteiger partial charge < -0.3 is 4.74 Å². The Morgan fingerprint density at radius 1 is 0.698 bits per heavy atom. The molecule has 217 valence electrons. The summed E-state index contributed by atoms with van der Waals surface area (Å²) in [6.07, 6.45) is 0. The Kier molecular flexibility index (Phi) is 11.6. The summed E-state index contributed by atoms with van der Waals surface area (Å²) in [7, 11) is 1.38. The van der Waals surface area contributed by atoms with Crippen LogP contribution in [0.5, 0.6) is 5.75 Å². The molecule has 0 spiro atoms. The molecule has 9 heteroatoms. The normalized spacial score (nSPS) is 12.6. The Labute approximate surface area is 276 Å². The molecule has 4 aromatic rings. The zero-order valence-corrected chi connectivity index (χ0v) is 25.3. The summed E-state index contributed by atoms with van der Waals surface area (Å²) in [5.41, 5.74) is 2.85. The number of fused-ring (bicyclic) bond motifs is 2. The van der Waals surface area contributed by atoms with Crippen molar-refractivity contribution in [3.05, 3.63) is 130 Å². The molecule has 0 atom stereocenters. The maximum atomic E-state index is 12.9. The minimum Gasteiger partial charge on any atom is -0.423 e. The summed E-state index contributed by atoms with van der Waals surface area (Å²) >= 11 is 0. The number of amides is 4. The zero-order valence-electron chi connectivity index (χ0n) is 22.4. The minimum atomic E-state index is -0.765. The van der Waals surface area contributed by atoms with Gasteiger partial charge >= 0.3 is 5.97 Å². The molecule has 0 aliphatic carbocycles. The van der Waals surface area contributed by atoms with E-state index in [1.54, 1.807) is 31.2 Å². The van der Waals surface area contributed by atoms with Crippen LogP contribution in [0.1, 0.15) is 77.8 Å². The van der Waals surface area contributed by atoms with Gasteiger partial charge in [0.1, 0.15) is 5.75 Å². The van der Waals surface area contributed by atoms with Gasteiger partial charge in [-0.3, -0.25) is 29.0 Å². The summed E-state index contributed by atoms with van der Waals surface area (Å²) < 4.78 is 5.47. The van der Waals surface area contributed by atoms with Crippen molar-refractivity contribution in [1.29, 1.82) is 0 Å². The first-order valence-electron chi connectivity index (χ1n) is 12.3. The van der Waals surface area contributed by atoms with Crippen molar-refractivity contribution in [3.63, 3.8) is 0 Å². The SMILES string of the molecule is C.C.Cc1c(OC(=O)c2ccc3c(c2)C(=O)N(c2cc[c-]cc2)C3=O)ccc2c1C(=O)N(C)C2=O.Cc1cc[c-]cc1.[Y]. The molecule has 0 unspecified atom stereocenters. The van der Waals surface area contributed by atoms with Gasteiger partial charge in [0.05, 0.1) is 27.8 Å². The van der Waals surface area contributed by atoms with E-state index in [0.717, 1.165) is 9.80 Å². The van der Waals surface area contributed by atoms with Crippen LogP contribution in [0.25, 0.3) is 0 Å². The van der Waals surface area contributed by atoms with Crippen LogP contribution in [-0.4, -0.2) is 41.5 Å². The maximum Gasteiger partial charge on any atom is 0.343 e. The first-order valence-corrected chi connectivity index (χ1v) is 12.3. The van der Waals surface area contributed by atoms with Gasteiger partial charge in [0.15, 0.2) is 0 Å². The third-order valence-electron chi connectivity index (χ3n) is 6.64. The molecule has 2 aliphatic heterocycles. The van der Waals surface area contributed by atoms with E-state index >= 15 is 0 Å². The standard InChI is InChI=1S/C25H15N2O6.C7H7.2CH4.Y/c1-13-19(11-10-17-20(13)24(31)26(2)21(17)28)33-25(32)14-8-9-16-18(12-14)23(30)27(22(16)29)15-6-4-3-5-7-15;1-7-5-3-2-4-6-7;;;/h4-12H,1-2H3;3-6H,1H3;2*1H4;/q2*-1;;;. The van der Waals surface area contributed by atoms with Crippen molar-refractivity contribution in [2.45, 2.75) is 28.7 Å². The number of anilines is 1. The fourth-order valence-electron chi connectivity index (χ4n) is 4.46.